The second-order valence-corrected chi connectivity index (χ2v) is 5.80. The Morgan fingerprint density at radius 3 is 2.94 bits per heavy atom. The van der Waals surface area contributed by atoms with Crippen molar-refractivity contribution in [3.05, 3.63) is 42.1 Å². The maximum atomic E-state index is 10.4. The average molecular weight is 245 g/mol. The Morgan fingerprint density at radius 2 is 2.12 bits per heavy atom. The Morgan fingerprint density at radius 1 is 1.24 bits per heavy atom. The molecule has 0 aliphatic carbocycles. The van der Waals surface area contributed by atoms with Crippen LogP contribution in [0.1, 0.15) is 12.1 Å². The first-order chi connectivity index (χ1) is 8.25. The molecule has 1 aliphatic rings. The van der Waals surface area contributed by atoms with Gasteiger partial charge in [0.05, 0.1) is 11.1 Å². The van der Waals surface area contributed by atoms with Crippen LogP contribution in [0.2, 0.25) is 0 Å². The fourth-order valence-corrected chi connectivity index (χ4v) is 3.57. The first-order valence-corrected chi connectivity index (χ1v) is 7.06. The van der Waals surface area contributed by atoms with Crippen LogP contribution in [0, 0.1) is 0 Å². The summed E-state index contributed by atoms with van der Waals surface area (Å²) in [5.74, 6) is 1.89. The monoisotopic (exact) mass is 245 g/mol. The van der Waals surface area contributed by atoms with Gasteiger partial charge in [-0.3, -0.25) is 4.98 Å². The van der Waals surface area contributed by atoms with Crippen LogP contribution in [0.3, 0.4) is 0 Å². The molecule has 0 radical (unpaired) electrons. The van der Waals surface area contributed by atoms with Gasteiger partial charge in [-0.15, -0.1) is 0 Å². The SMILES string of the molecule is OC1(Cc2ccc3ccccc3n2)CCSC1. The summed E-state index contributed by atoms with van der Waals surface area (Å²) >= 11 is 1.83. The van der Waals surface area contributed by atoms with E-state index >= 15 is 0 Å². The second-order valence-electron chi connectivity index (χ2n) is 4.70. The van der Waals surface area contributed by atoms with Crippen LogP contribution in [-0.2, 0) is 6.42 Å². The van der Waals surface area contributed by atoms with Crippen LogP contribution < -0.4 is 0 Å². The van der Waals surface area contributed by atoms with E-state index in [1.165, 1.54) is 0 Å². The van der Waals surface area contributed by atoms with Crippen molar-refractivity contribution in [3.63, 3.8) is 0 Å². The van der Waals surface area contributed by atoms with Crippen molar-refractivity contribution >= 4 is 22.7 Å². The third-order valence-corrected chi connectivity index (χ3v) is 4.48. The standard InChI is InChI=1S/C14H15NOS/c16-14(7-8-17-10-14)9-12-6-5-11-3-1-2-4-13(11)15-12/h1-6,16H,7-10H2. The topological polar surface area (TPSA) is 33.1 Å². The van der Waals surface area contributed by atoms with Gasteiger partial charge < -0.3 is 5.11 Å². The summed E-state index contributed by atoms with van der Waals surface area (Å²) in [6, 6.07) is 12.2. The second kappa shape index (κ2) is 4.31. The molecule has 2 aromatic rings. The minimum absolute atomic E-state index is 0.542. The molecular formula is C14H15NOS. The molecule has 1 unspecified atom stereocenters. The quantitative estimate of drug-likeness (QED) is 0.883. The van der Waals surface area contributed by atoms with Crippen LogP contribution >= 0.6 is 11.8 Å². The number of rotatable bonds is 2. The summed E-state index contributed by atoms with van der Waals surface area (Å²) in [5, 5.41) is 11.5. The molecule has 1 saturated heterocycles. The van der Waals surface area contributed by atoms with Crippen molar-refractivity contribution in [3.8, 4) is 0 Å². The number of hydrogen-bond acceptors (Lipinski definition) is 3. The zero-order valence-corrected chi connectivity index (χ0v) is 10.4. The van der Waals surface area contributed by atoms with Crippen LogP contribution in [0.25, 0.3) is 10.9 Å². The normalized spacial score (nSPS) is 24.3. The number of thioether (sulfide) groups is 1. The van der Waals surface area contributed by atoms with Crippen LogP contribution in [0.15, 0.2) is 36.4 Å². The van der Waals surface area contributed by atoms with Gasteiger partial charge >= 0.3 is 0 Å². The van der Waals surface area contributed by atoms with Crippen molar-refractivity contribution in [2.24, 2.45) is 0 Å². The summed E-state index contributed by atoms with van der Waals surface area (Å²) in [5.41, 5.74) is 1.47. The van der Waals surface area contributed by atoms with Gasteiger partial charge in [0, 0.05) is 23.3 Å². The largest absolute Gasteiger partial charge is 0.389 e. The fraction of sp³-hybridized carbons (Fsp3) is 0.357. The third-order valence-electron chi connectivity index (χ3n) is 3.25. The van der Waals surface area contributed by atoms with Gasteiger partial charge in [-0.1, -0.05) is 24.3 Å². The van der Waals surface area contributed by atoms with Gasteiger partial charge in [-0.05, 0) is 24.3 Å². The lowest BCUT2D eigenvalue weighted by atomic mass is 9.96. The van der Waals surface area contributed by atoms with Gasteiger partial charge in [0.25, 0.3) is 0 Å². The molecule has 1 aromatic carbocycles. The Balaban J connectivity index is 1.90. The summed E-state index contributed by atoms with van der Waals surface area (Å²) in [6.07, 6.45) is 1.55. The molecule has 0 spiro atoms. The van der Waals surface area contributed by atoms with Crippen LogP contribution in [-0.4, -0.2) is 27.2 Å². The highest BCUT2D eigenvalue weighted by Crippen LogP contribution is 2.30. The first-order valence-electron chi connectivity index (χ1n) is 5.90. The molecule has 2 heterocycles. The molecule has 88 valence electrons. The molecule has 0 bridgehead atoms. The maximum Gasteiger partial charge on any atom is 0.0800 e. The molecule has 1 aliphatic heterocycles. The number of benzene rings is 1. The summed E-state index contributed by atoms with van der Waals surface area (Å²) in [4.78, 5) is 4.61. The lowest BCUT2D eigenvalue weighted by molar-refractivity contribution is 0.0677. The zero-order chi connectivity index (χ0) is 11.7. The van der Waals surface area contributed by atoms with Gasteiger partial charge in [0.2, 0.25) is 0 Å². The molecule has 17 heavy (non-hydrogen) atoms. The molecule has 3 heteroatoms. The molecule has 1 N–H and O–H groups in total. The molecule has 1 aromatic heterocycles. The van der Waals surface area contributed by atoms with Crippen molar-refractivity contribution in [2.45, 2.75) is 18.4 Å². The van der Waals surface area contributed by atoms with E-state index in [2.05, 4.69) is 17.1 Å². The molecular weight excluding hydrogens is 230 g/mol. The fourth-order valence-electron chi connectivity index (χ4n) is 2.28. The predicted octanol–water partition coefficient (Wildman–Crippen LogP) is 2.65. The number of hydrogen-bond donors (Lipinski definition) is 1. The minimum Gasteiger partial charge on any atom is -0.389 e. The minimum atomic E-state index is -0.542. The van der Waals surface area contributed by atoms with E-state index in [1.807, 2.05) is 36.0 Å². The van der Waals surface area contributed by atoms with Gasteiger partial charge in [-0.2, -0.15) is 11.8 Å². The Hall–Kier alpha value is -1.06. The number of aliphatic hydroxyl groups is 1. The van der Waals surface area contributed by atoms with E-state index in [4.69, 9.17) is 0 Å². The van der Waals surface area contributed by atoms with E-state index in [0.29, 0.717) is 6.42 Å². The lowest BCUT2D eigenvalue weighted by Crippen LogP contribution is -2.31. The molecule has 0 amide bonds. The van der Waals surface area contributed by atoms with Gasteiger partial charge in [0.15, 0.2) is 0 Å². The Kier molecular flexibility index (Phi) is 2.81. The highest BCUT2D eigenvalue weighted by Gasteiger charge is 2.32. The Labute approximate surface area is 105 Å². The highest BCUT2D eigenvalue weighted by atomic mass is 32.2. The zero-order valence-electron chi connectivity index (χ0n) is 9.60. The molecule has 1 atom stereocenters. The van der Waals surface area contributed by atoms with E-state index in [-0.39, 0.29) is 0 Å². The number of fused-ring (bicyclic) bond motifs is 1. The maximum absolute atomic E-state index is 10.4. The van der Waals surface area contributed by atoms with Gasteiger partial charge in [-0.25, -0.2) is 0 Å². The molecule has 2 nitrogen and oxygen atoms in total. The average Bonchev–Trinajstić information content (AvgIpc) is 2.76. The summed E-state index contributed by atoms with van der Waals surface area (Å²) in [7, 11) is 0. The van der Waals surface area contributed by atoms with Crippen molar-refractivity contribution in [2.75, 3.05) is 11.5 Å². The van der Waals surface area contributed by atoms with Crippen LogP contribution in [0.4, 0.5) is 0 Å². The highest BCUT2D eigenvalue weighted by molar-refractivity contribution is 7.99. The number of para-hydroxylation sites is 1. The van der Waals surface area contributed by atoms with Crippen LogP contribution in [0.5, 0.6) is 0 Å². The van der Waals surface area contributed by atoms with Crippen molar-refractivity contribution in [1.29, 1.82) is 0 Å². The van der Waals surface area contributed by atoms with Crippen molar-refractivity contribution in [1.82, 2.24) is 4.98 Å². The number of nitrogens with zero attached hydrogens (tertiary/aromatic N) is 1. The van der Waals surface area contributed by atoms with E-state index < -0.39 is 5.60 Å². The number of pyridine rings is 1. The Bertz CT molecular complexity index is 534. The van der Waals surface area contributed by atoms with E-state index in [0.717, 1.165) is 34.5 Å². The molecule has 0 saturated carbocycles. The predicted molar refractivity (Wildman–Crippen MR) is 72.3 cm³/mol. The molecule has 1 fully saturated rings. The summed E-state index contributed by atoms with van der Waals surface area (Å²) in [6.45, 7) is 0. The van der Waals surface area contributed by atoms with Gasteiger partial charge in [0.1, 0.15) is 0 Å². The van der Waals surface area contributed by atoms with E-state index in [1.54, 1.807) is 0 Å². The number of aromatic nitrogens is 1. The van der Waals surface area contributed by atoms with E-state index in [9.17, 15) is 5.11 Å². The first kappa shape index (κ1) is 11.1. The summed E-state index contributed by atoms with van der Waals surface area (Å²) < 4.78 is 0. The third kappa shape index (κ3) is 2.31. The molecule has 3 rings (SSSR count). The smallest absolute Gasteiger partial charge is 0.0800 e. The lowest BCUT2D eigenvalue weighted by Gasteiger charge is -2.20. The van der Waals surface area contributed by atoms with Crippen molar-refractivity contribution < 1.29 is 5.11 Å².